The molecule has 0 unspecified atom stereocenters. The maximum atomic E-state index is 12.8. The molecule has 130 valence electrons. The van der Waals surface area contributed by atoms with Crippen LogP contribution in [0, 0.1) is 0 Å². The van der Waals surface area contributed by atoms with Crippen molar-refractivity contribution in [3.63, 3.8) is 0 Å². The molecule has 0 aliphatic carbocycles. The first kappa shape index (κ1) is 18.2. The molecule has 0 fully saturated rings. The van der Waals surface area contributed by atoms with Crippen LogP contribution in [0.4, 0.5) is 11.4 Å². The molecule has 2 amide bonds. The monoisotopic (exact) mass is 340 g/mol. The third-order valence-corrected chi connectivity index (χ3v) is 3.63. The molecule has 0 aliphatic rings. The summed E-state index contributed by atoms with van der Waals surface area (Å²) < 4.78 is 4.68. The highest BCUT2D eigenvalue weighted by molar-refractivity contribution is 6.04. The Morgan fingerprint density at radius 1 is 0.800 bits per heavy atom. The average Bonchev–Trinajstić information content (AvgIpc) is 2.64. The molecule has 0 saturated heterocycles. The summed E-state index contributed by atoms with van der Waals surface area (Å²) in [4.78, 5) is 39.2. The average molecular weight is 340 g/mol. The van der Waals surface area contributed by atoms with Crippen molar-refractivity contribution in [1.29, 1.82) is 0 Å². The Kier molecular flexibility index (Phi) is 6.28. The lowest BCUT2D eigenvalue weighted by atomic mass is 10.2. The first-order valence-corrected chi connectivity index (χ1v) is 7.78. The molecule has 2 aromatic rings. The Balaban J connectivity index is 2.26. The first-order chi connectivity index (χ1) is 12.0. The van der Waals surface area contributed by atoms with E-state index in [4.69, 9.17) is 0 Å². The molecule has 0 saturated carbocycles. The van der Waals surface area contributed by atoms with E-state index in [9.17, 15) is 14.4 Å². The lowest BCUT2D eigenvalue weighted by Crippen LogP contribution is -2.44. The van der Waals surface area contributed by atoms with Crippen LogP contribution < -0.4 is 9.80 Å². The summed E-state index contributed by atoms with van der Waals surface area (Å²) in [5.74, 6) is -1.17. The van der Waals surface area contributed by atoms with Crippen LogP contribution in [0.25, 0.3) is 0 Å². The van der Waals surface area contributed by atoms with Gasteiger partial charge in [-0.3, -0.25) is 19.3 Å². The van der Waals surface area contributed by atoms with Crippen molar-refractivity contribution in [3.05, 3.63) is 60.7 Å². The molecule has 0 N–H and O–H groups in total. The number of nitrogens with zero attached hydrogens (tertiary/aromatic N) is 2. The van der Waals surface area contributed by atoms with Gasteiger partial charge in [-0.25, -0.2) is 0 Å². The molecular formula is C19H20N2O4. The molecule has 0 radical (unpaired) electrons. The summed E-state index contributed by atoms with van der Waals surface area (Å²) in [6.07, 6.45) is 0. The number of hydrogen-bond acceptors (Lipinski definition) is 4. The molecular weight excluding hydrogens is 320 g/mol. The smallest absolute Gasteiger partial charge is 0.325 e. The van der Waals surface area contributed by atoms with E-state index in [2.05, 4.69) is 4.74 Å². The van der Waals surface area contributed by atoms with Crippen LogP contribution >= 0.6 is 0 Å². The number of benzene rings is 2. The van der Waals surface area contributed by atoms with E-state index in [1.165, 1.54) is 23.8 Å². The number of methoxy groups -OCH3 is 1. The second-order valence-corrected chi connectivity index (χ2v) is 5.33. The third-order valence-electron chi connectivity index (χ3n) is 3.63. The van der Waals surface area contributed by atoms with Crippen LogP contribution in [0.15, 0.2) is 60.7 Å². The zero-order valence-corrected chi connectivity index (χ0v) is 14.2. The summed E-state index contributed by atoms with van der Waals surface area (Å²) in [5.41, 5.74) is 1.18. The Morgan fingerprint density at radius 3 is 1.72 bits per heavy atom. The number of para-hydroxylation sites is 2. The van der Waals surface area contributed by atoms with Crippen LogP contribution in [-0.2, 0) is 19.1 Å². The SMILES string of the molecule is COC(=O)CN(C(=O)CN(C(C)=O)c1ccccc1)c1ccccc1. The Hall–Kier alpha value is -3.15. The lowest BCUT2D eigenvalue weighted by Gasteiger charge is -2.26. The molecule has 2 rings (SSSR count). The van der Waals surface area contributed by atoms with Crippen molar-refractivity contribution in [3.8, 4) is 0 Å². The van der Waals surface area contributed by atoms with Gasteiger partial charge >= 0.3 is 5.97 Å². The van der Waals surface area contributed by atoms with Crippen molar-refractivity contribution in [2.45, 2.75) is 6.92 Å². The lowest BCUT2D eigenvalue weighted by molar-refractivity contribution is -0.139. The molecule has 0 atom stereocenters. The maximum absolute atomic E-state index is 12.8. The van der Waals surface area contributed by atoms with E-state index in [1.54, 1.807) is 48.5 Å². The molecule has 0 aromatic heterocycles. The fraction of sp³-hybridized carbons (Fsp3) is 0.211. The fourth-order valence-corrected chi connectivity index (χ4v) is 2.34. The molecule has 6 heteroatoms. The van der Waals surface area contributed by atoms with Crippen molar-refractivity contribution in [2.75, 3.05) is 30.0 Å². The van der Waals surface area contributed by atoms with Gasteiger partial charge in [0.05, 0.1) is 7.11 Å². The highest BCUT2D eigenvalue weighted by Gasteiger charge is 2.23. The van der Waals surface area contributed by atoms with Gasteiger partial charge in [0.1, 0.15) is 13.1 Å². The molecule has 6 nitrogen and oxygen atoms in total. The summed E-state index contributed by atoms with van der Waals surface area (Å²) in [7, 11) is 1.27. The number of hydrogen-bond donors (Lipinski definition) is 0. The summed E-state index contributed by atoms with van der Waals surface area (Å²) in [5, 5.41) is 0. The van der Waals surface area contributed by atoms with Crippen LogP contribution in [-0.4, -0.2) is 38.0 Å². The quantitative estimate of drug-likeness (QED) is 0.757. The van der Waals surface area contributed by atoms with Crippen molar-refractivity contribution < 1.29 is 19.1 Å². The zero-order valence-electron chi connectivity index (χ0n) is 14.2. The largest absolute Gasteiger partial charge is 0.468 e. The van der Waals surface area contributed by atoms with Gasteiger partial charge in [-0.1, -0.05) is 36.4 Å². The third kappa shape index (κ3) is 4.91. The summed E-state index contributed by atoms with van der Waals surface area (Å²) >= 11 is 0. The Labute approximate surface area is 146 Å². The van der Waals surface area contributed by atoms with E-state index in [-0.39, 0.29) is 24.9 Å². The first-order valence-electron chi connectivity index (χ1n) is 7.78. The van der Waals surface area contributed by atoms with Crippen LogP contribution in [0.5, 0.6) is 0 Å². The van der Waals surface area contributed by atoms with Gasteiger partial charge in [-0.15, -0.1) is 0 Å². The maximum Gasteiger partial charge on any atom is 0.325 e. The number of anilines is 2. The second kappa shape index (κ2) is 8.63. The van der Waals surface area contributed by atoms with E-state index >= 15 is 0 Å². The van der Waals surface area contributed by atoms with Crippen LogP contribution in [0.1, 0.15) is 6.92 Å². The predicted molar refractivity (Wildman–Crippen MR) is 95.3 cm³/mol. The van der Waals surface area contributed by atoms with E-state index in [0.717, 1.165) is 0 Å². The summed E-state index contributed by atoms with van der Waals surface area (Å²) in [6, 6.07) is 17.7. The standard InChI is InChI=1S/C19H20N2O4/c1-15(22)20(16-9-5-3-6-10-16)13-18(23)21(14-19(24)25-2)17-11-7-4-8-12-17/h3-12H,13-14H2,1-2H3. The molecule has 0 aliphatic heterocycles. The molecule has 2 aromatic carbocycles. The molecule has 0 heterocycles. The van der Waals surface area contributed by atoms with Gasteiger partial charge in [0.15, 0.2) is 0 Å². The number of esters is 1. The Bertz CT molecular complexity index is 732. The molecule has 25 heavy (non-hydrogen) atoms. The number of carbonyl (C=O) groups is 3. The van der Waals surface area contributed by atoms with Gasteiger partial charge in [-0.05, 0) is 24.3 Å². The van der Waals surface area contributed by atoms with Crippen molar-refractivity contribution in [1.82, 2.24) is 0 Å². The second-order valence-electron chi connectivity index (χ2n) is 5.33. The van der Waals surface area contributed by atoms with Gasteiger partial charge in [0.25, 0.3) is 0 Å². The van der Waals surface area contributed by atoms with E-state index in [1.807, 2.05) is 12.1 Å². The number of ether oxygens (including phenoxy) is 1. The Morgan fingerprint density at radius 2 is 1.28 bits per heavy atom. The molecule has 0 bridgehead atoms. The zero-order chi connectivity index (χ0) is 18.2. The van der Waals surface area contributed by atoms with Gasteiger partial charge in [-0.2, -0.15) is 0 Å². The van der Waals surface area contributed by atoms with Crippen LogP contribution in [0.2, 0.25) is 0 Å². The van der Waals surface area contributed by atoms with E-state index in [0.29, 0.717) is 11.4 Å². The van der Waals surface area contributed by atoms with Gasteiger partial charge < -0.3 is 9.64 Å². The van der Waals surface area contributed by atoms with Gasteiger partial charge in [0, 0.05) is 18.3 Å². The van der Waals surface area contributed by atoms with Crippen molar-refractivity contribution in [2.24, 2.45) is 0 Å². The summed E-state index contributed by atoms with van der Waals surface area (Å²) in [6.45, 7) is 0.999. The highest BCUT2D eigenvalue weighted by atomic mass is 16.5. The van der Waals surface area contributed by atoms with E-state index < -0.39 is 5.97 Å². The predicted octanol–water partition coefficient (Wildman–Crippen LogP) is 2.25. The highest BCUT2D eigenvalue weighted by Crippen LogP contribution is 2.17. The topological polar surface area (TPSA) is 66.9 Å². The van der Waals surface area contributed by atoms with Crippen LogP contribution in [0.3, 0.4) is 0 Å². The van der Waals surface area contributed by atoms with Gasteiger partial charge in [0.2, 0.25) is 11.8 Å². The molecule has 0 spiro atoms. The minimum Gasteiger partial charge on any atom is -0.468 e. The number of amides is 2. The normalized spacial score (nSPS) is 10.0. The number of rotatable bonds is 6. The minimum absolute atomic E-state index is 0.175. The minimum atomic E-state index is -0.536. The number of carbonyl (C=O) groups excluding carboxylic acids is 3. The fourth-order valence-electron chi connectivity index (χ4n) is 2.34. The van der Waals surface area contributed by atoms with Crippen molar-refractivity contribution >= 4 is 29.2 Å².